The van der Waals surface area contributed by atoms with E-state index in [4.69, 9.17) is 14.2 Å². The molecule has 0 amide bonds. The summed E-state index contributed by atoms with van der Waals surface area (Å²) in [4.78, 5) is 25.2. The van der Waals surface area contributed by atoms with E-state index in [2.05, 4.69) is 0 Å². The average molecular weight is 449 g/mol. The van der Waals surface area contributed by atoms with Crippen LogP contribution in [0.25, 0.3) is 0 Å². The first-order valence-corrected chi connectivity index (χ1v) is 10.9. The van der Waals surface area contributed by atoms with Gasteiger partial charge in [-0.15, -0.1) is 0 Å². The van der Waals surface area contributed by atoms with Crippen molar-refractivity contribution >= 4 is 11.8 Å². The second kappa shape index (κ2) is 11.3. The van der Waals surface area contributed by atoms with Crippen LogP contribution >= 0.6 is 0 Å². The molecule has 172 valence electrons. The number of ether oxygens (including phenoxy) is 3. The Balaban J connectivity index is 1.89. The lowest BCUT2D eigenvalue weighted by Crippen LogP contribution is -2.33. The Bertz CT molecular complexity index is 1090. The zero-order valence-electron chi connectivity index (χ0n) is 19.0. The average Bonchev–Trinajstić information content (AvgIpc) is 2.82. The number of carbonyl (C=O) groups excluding carboxylic acids is 2. The molecule has 6 nitrogen and oxygen atoms in total. The predicted molar refractivity (Wildman–Crippen MR) is 125 cm³/mol. The van der Waals surface area contributed by atoms with Gasteiger partial charge in [0.1, 0.15) is 23.4 Å². The second-order valence-corrected chi connectivity index (χ2v) is 7.62. The molecule has 33 heavy (non-hydrogen) atoms. The molecule has 0 fully saturated rings. The maximum Gasteiger partial charge on any atom is 0.303 e. The van der Waals surface area contributed by atoms with E-state index in [0.717, 1.165) is 12.0 Å². The number of ketones is 1. The highest BCUT2D eigenvalue weighted by molar-refractivity contribution is 6.03. The Morgan fingerprint density at radius 2 is 1.55 bits per heavy atom. The van der Waals surface area contributed by atoms with Crippen molar-refractivity contribution in [3.05, 3.63) is 89.5 Å². The molecule has 3 aromatic rings. The Morgan fingerprint density at radius 3 is 2.18 bits per heavy atom. The number of Topliss-reactive ketones (excluding diaryl/α,β-unsaturated/α-hetero) is 1. The van der Waals surface area contributed by atoms with Gasteiger partial charge in [-0.1, -0.05) is 49.4 Å². The molecule has 0 radical (unpaired) electrons. The predicted octanol–water partition coefficient (Wildman–Crippen LogP) is 5.42. The van der Waals surface area contributed by atoms with Gasteiger partial charge in [0.2, 0.25) is 5.78 Å². The lowest BCUT2D eigenvalue weighted by Gasteiger charge is -2.23. The summed E-state index contributed by atoms with van der Waals surface area (Å²) in [5.41, 5.74) is 1.53. The van der Waals surface area contributed by atoms with Crippen molar-refractivity contribution in [1.29, 1.82) is 0 Å². The molecule has 0 aliphatic carbocycles. The Kier molecular flexibility index (Phi) is 8.22. The first kappa shape index (κ1) is 24.0. The van der Waals surface area contributed by atoms with Crippen LogP contribution in [0.1, 0.15) is 47.9 Å². The summed E-state index contributed by atoms with van der Waals surface area (Å²) in [5.74, 6) is 0.329. The van der Waals surface area contributed by atoms with Crippen LogP contribution in [-0.2, 0) is 9.53 Å². The van der Waals surface area contributed by atoms with Gasteiger partial charge in [0, 0.05) is 6.92 Å². The van der Waals surface area contributed by atoms with Gasteiger partial charge in [0.05, 0.1) is 12.2 Å². The molecule has 0 bridgehead atoms. The van der Waals surface area contributed by atoms with E-state index in [0.29, 0.717) is 29.4 Å². The first-order chi connectivity index (χ1) is 15.9. The molecular formula is C27H28O6. The van der Waals surface area contributed by atoms with Crippen molar-refractivity contribution in [1.82, 2.24) is 0 Å². The topological polar surface area (TPSA) is 82.1 Å². The van der Waals surface area contributed by atoms with Crippen molar-refractivity contribution in [2.45, 2.75) is 39.4 Å². The molecule has 0 saturated heterocycles. The smallest absolute Gasteiger partial charge is 0.303 e. The van der Waals surface area contributed by atoms with E-state index in [-0.39, 0.29) is 5.56 Å². The largest absolute Gasteiger partial charge is 0.494 e. The molecule has 0 saturated carbocycles. The third kappa shape index (κ3) is 6.20. The number of hydrogen-bond acceptors (Lipinski definition) is 6. The first-order valence-electron chi connectivity index (χ1n) is 10.9. The number of hydrogen-bond donors (Lipinski definition) is 1. The van der Waals surface area contributed by atoms with Gasteiger partial charge in [0.15, 0.2) is 6.10 Å². The lowest BCUT2D eigenvalue weighted by atomic mass is 9.96. The lowest BCUT2D eigenvalue weighted by molar-refractivity contribution is -0.149. The molecule has 6 heteroatoms. The fraction of sp³-hybridized carbons (Fsp3) is 0.259. The van der Waals surface area contributed by atoms with Crippen molar-refractivity contribution in [3.8, 4) is 17.2 Å². The monoisotopic (exact) mass is 448 g/mol. The summed E-state index contributed by atoms with van der Waals surface area (Å²) in [6.45, 7) is 5.69. The summed E-state index contributed by atoms with van der Waals surface area (Å²) in [7, 11) is 0. The van der Waals surface area contributed by atoms with Gasteiger partial charge in [-0.05, 0) is 54.8 Å². The zero-order valence-corrected chi connectivity index (χ0v) is 19.0. The summed E-state index contributed by atoms with van der Waals surface area (Å²) in [6.07, 6.45) is -1.93. The Morgan fingerprint density at radius 1 is 0.909 bits per heavy atom. The molecular weight excluding hydrogens is 420 g/mol. The maximum atomic E-state index is 13.5. The third-order valence-electron chi connectivity index (χ3n) is 5.00. The molecule has 3 rings (SSSR count). The number of para-hydroxylation sites is 2. The fourth-order valence-electron chi connectivity index (χ4n) is 3.30. The van der Waals surface area contributed by atoms with E-state index < -0.39 is 24.0 Å². The number of esters is 1. The van der Waals surface area contributed by atoms with Crippen LogP contribution in [0.4, 0.5) is 0 Å². The molecule has 0 heterocycles. The maximum absolute atomic E-state index is 13.5. The molecule has 0 aromatic heterocycles. The van der Waals surface area contributed by atoms with Crippen LogP contribution in [0.5, 0.6) is 17.2 Å². The SMILES string of the molecule is CCCOc1ccc(C(O)C(OC(C)=O)C(=O)c2ccccc2Oc2ccccc2C)cc1. The van der Waals surface area contributed by atoms with Crippen molar-refractivity contribution in [2.24, 2.45) is 0 Å². The number of aliphatic hydroxyl groups excluding tert-OH is 1. The van der Waals surface area contributed by atoms with Gasteiger partial charge >= 0.3 is 5.97 Å². The summed E-state index contributed by atoms with van der Waals surface area (Å²) in [6, 6.07) is 20.8. The van der Waals surface area contributed by atoms with E-state index in [9.17, 15) is 14.7 Å². The van der Waals surface area contributed by atoms with Crippen LogP contribution in [0.3, 0.4) is 0 Å². The van der Waals surface area contributed by atoms with Gasteiger partial charge in [-0.3, -0.25) is 9.59 Å². The van der Waals surface area contributed by atoms with Crippen LogP contribution in [0, 0.1) is 6.92 Å². The van der Waals surface area contributed by atoms with Crippen LogP contribution in [0.15, 0.2) is 72.8 Å². The minimum absolute atomic E-state index is 0.203. The van der Waals surface area contributed by atoms with Crippen molar-refractivity contribution < 1.29 is 28.9 Å². The van der Waals surface area contributed by atoms with E-state index >= 15 is 0 Å². The summed E-state index contributed by atoms with van der Waals surface area (Å²) < 4.78 is 16.8. The van der Waals surface area contributed by atoms with Crippen LogP contribution in [0.2, 0.25) is 0 Å². The molecule has 0 aliphatic rings. The van der Waals surface area contributed by atoms with Crippen LogP contribution in [-0.4, -0.2) is 29.6 Å². The normalized spacial score (nSPS) is 12.5. The van der Waals surface area contributed by atoms with Crippen LogP contribution < -0.4 is 9.47 Å². The van der Waals surface area contributed by atoms with Gasteiger partial charge in [0.25, 0.3) is 0 Å². The van der Waals surface area contributed by atoms with Gasteiger partial charge in [-0.2, -0.15) is 0 Å². The molecule has 2 atom stereocenters. The summed E-state index contributed by atoms with van der Waals surface area (Å²) >= 11 is 0. The van der Waals surface area contributed by atoms with E-state index in [1.54, 1.807) is 54.6 Å². The van der Waals surface area contributed by atoms with E-state index in [1.165, 1.54) is 6.92 Å². The van der Waals surface area contributed by atoms with Crippen molar-refractivity contribution in [2.75, 3.05) is 6.61 Å². The standard InChI is InChI=1S/C27H28O6/c1-4-17-31-21-15-13-20(14-16-21)25(29)27(32-19(3)28)26(30)22-10-6-8-12-24(22)33-23-11-7-5-9-18(23)2/h5-16,25,27,29H,4,17H2,1-3H3. The minimum atomic E-state index is -1.44. The summed E-state index contributed by atoms with van der Waals surface area (Å²) in [5, 5.41) is 11.0. The molecule has 2 unspecified atom stereocenters. The molecule has 1 N–H and O–H groups in total. The molecule has 0 spiro atoms. The molecule has 0 aliphatic heterocycles. The molecule has 3 aromatic carbocycles. The van der Waals surface area contributed by atoms with E-state index in [1.807, 2.05) is 32.0 Å². The van der Waals surface area contributed by atoms with Gasteiger partial charge in [-0.25, -0.2) is 0 Å². The van der Waals surface area contributed by atoms with Crippen molar-refractivity contribution in [3.63, 3.8) is 0 Å². The number of rotatable bonds is 10. The number of benzene rings is 3. The minimum Gasteiger partial charge on any atom is -0.494 e. The fourth-order valence-corrected chi connectivity index (χ4v) is 3.30. The Labute approximate surface area is 193 Å². The highest BCUT2D eigenvalue weighted by atomic mass is 16.6. The quantitative estimate of drug-likeness (QED) is 0.329. The second-order valence-electron chi connectivity index (χ2n) is 7.62. The number of aryl methyl sites for hydroxylation is 1. The highest BCUT2D eigenvalue weighted by Crippen LogP contribution is 2.31. The Hall–Kier alpha value is -3.64. The number of carbonyl (C=O) groups is 2. The number of aliphatic hydroxyl groups is 1. The highest BCUT2D eigenvalue weighted by Gasteiger charge is 2.33. The third-order valence-corrected chi connectivity index (χ3v) is 5.00. The zero-order chi connectivity index (χ0) is 23.8. The van der Waals surface area contributed by atoms with Gasteiger partial charge < -0.3 is 19.3 Å².